The normalized spacial score (nSPS) is 10.4. The van der Waals surface area contributed by atoms with Crippen molar-refractivity contribution in [3.63, 3.8) is 0 Å². The smallest absolute Gasteiger partial charge is 0.281 e. The van der Waals surface area contributed by atoms with Gasteiger partial charge in [-0.25, -0.2) is 9.37 Å². The second kappa shape index (κ2) is 5.31. The van der Waals surface area contributed by atoms with Crippen molar-refractivity contribution in [3.05, 3.63) is 51.4 Å². The van der Waals surface area contributed by atoms with Gasteiger partial charge in [-0.1, -0.05) is 6.08 Å². The summed E-state index contributed by atoms with van der Waals surface area (Å²) in [4.78, 5) is 14.5. The fourth-order valence-electron chi connectivity index (χ4n) is 1.74. The average molecular weight is 326 g/mol. The van der Waals surface area contributed by atoms with E-state index in [0.29, 0.717) is 11.0 Å². The molecule has 1 N–H and O–H groups in total. The number of rotatable bonds is 4. The summed E-state index contributed by atoms with van der Waals surface area (Å²) in [5.74, 6) is -0.291. The fraction of sp³-hybridized carbons (Fsp3) is 0.0833. The molecule has 98 valence electrons. The van der Waals surface area contributed by atoms with Crippen LogP contribution in [0.1, 0.15) is 0 Å². The van der Waals surface area contributed by atoms with E-state index in [2.05, 4.69) is 32.8 Å². The number of nitro groups is 1. The molecular formula is C12H9BrFN3O2. The largest absolute Gasteiger partial charge is 0.366 e. The number of anilines is 1. The Balaban J connectivity index is 2.83. The molecule has 0 bridgehead atoms. The van der Waals surface area contributed by atoms with Crippen molar-refractivity contribution in [2.45, 2.75) is 0 Å². The maximum Gasteiger partial charge on any atom is 0.281 e. The third kappa shape index (κ3) is 2.41. The van der Waals surface area contributed by atoms with Gasteiger partial charge in [-0.15, -0.1) is 6.58 Å². The molecule has 0 fully saturated rings. The van der Waals surface area contributed by atoms with E-state index in [1.807, 2.05) is 0 Å². The van der Waals surface area contributed by atoms with Gasteiger partial charge in [-0.3, -0.25) is 10.1 Å². The molecule has 0 aliphatic rings. The maximum atomic E-state index is 13.9. The molecule has 2 rings (SSSR count). The minimum Gasteiger partial charge on any atom is -0.366 e. The highest BCUT2D eigenvalue weighted by Gasteiger charge is 2.20. The molecule has 1 aromatic carbocycles. The quantitative estimate of drug-likeness (QED) is 0.529. The minimum atomic E-state index is -0.561. The lowest BCUT2D eigenvalue weighted by atomic mass is 10.1. The number of hydrogen-bond acceptors (Lipinski definition) is 4. The number of fused-ring (bicyclic) bond motifs is 1. The average Bonchev–Trinajstić information content (AvgIpc) is 2.37. The molecule has 19 heavy (non-hydrogen) atoms. The van der Waals surface area contributed by atoms with Gasteiger partial charge in [0.25, 0.3) is 5.69 Å². The maximum absolute atomic E-state index is 13.9. The van der Waals surface area contributed by atoms with Crippen LogP contribution in [0.15, 0.2) is 35.5 Å². The van der Waals surface area contributed by atoms with Crippen LogP contribution >= 0.6 is 15.9 Å². The first kappa shape index (κ1) is 13.4. The zero-order chi connectivity index (χ0) is 14.0. The summed E-state index contributed by atoms with van der Waals surface area (Å²) in [5, 5.41) is 14.2. The Bertz CT molecular complexity index is 667. The molecule has 0 radical (unpaired) electrons. The Labute approximate surface area is 116 Å². The number of nitrogens with one attached hydrogen (secondary N) is 1. The molecule has 5 nitrogen and oxygen atoms in total. The number of benzene rings is 1. The van der Waals surface area contributed by atoms with E-state index in [1.54, 1.807) is 6.08 Å². The number of nitro benzene ring substituents is 1. The number of nitrogens with zero attached hydrogens (tertiary/aromatic N) is 2. The third-order valence-corrected chi connectivity index (χ3v) is 3.13. The number of aromatic nitrogens is 1. The minimum absolute atomic E-state index is 0.135. The van der Waals surface area contributed by atoms with E-state index in [0.717, 1.165) is 12.1 Å². The number of pyridine rings is 1. The van der Waals surface area contributed by atoms with Crippen molar-refractivity contribution >= 4 is 38.2 Å². The van der Waals surface area contributed by atoms with Crippen LogP contribution in [0, 0.1) is 15.9 Å². The standard InChI is InChI=1S/C12H9BrFN3O2/c1-2-5-15-12-11-9(17(18)19)4-3-8(14)10(11)7(13)6-16-12/h2-4,6H,1,5H2,(H,15,16). The summed E-state index contributed by atoms with van der Waals surface area (Å²) in [5.41, 5.74) is -0.197. The van der Waals surface area contributed by atoms with Crippen molar-refractivity contribution in [3.8, 4) is 0 Å². The van der Waals surface area contributed by atoms with Crippen molar-refractivity contribution in [1.82, 2.24) is 4.98 Å². The molecule has 0 saturated carbocycles. The molecular weight excluding hydrogens is 317 g/mol. The van der Waals surface area contributed by atoms with E-state index in [-0.39, 0.29) is 22.3 Å². The summed E-state index contributed by atoms with van der Waals surface area (Å²) >= 11 is 3.16. The van der Waals surface area contributed by atoms with Crippen LogP contribution in [0.3, 0.4) is 0 Å². The van der Waals surface area contributed by atoms with Gasteiger partial charge in [0.2, 0.25) is 0 Å². The summed E-state index contributed by atoms with van der Waals surface area (Å²) < 4.78 is 14.2. The van der Waals surface area contributed by atoms with Crippen LogP contribution in [-0.4, -0.2) is 16.5 Å². The molecule has 0 spiro atoms. The highest BCUT2D eigenvalue weighted by atomic mass is 79.9. The Morgan fingerprint density at radius 1 is 1.53 bits per heavy atom. The summed E-state index contributed by atoms with van der Waals surface area (Å²) in [6.07, 6.45) is 2.99. The second-order valence-electron chi connectivity index (χ2n) is 3.70. The van der Waals surface area contributed by atoms with E-state index in [9.17, 15) is 14.5 Å². The lowest BCUT2D eigenvalue weighted by Crippen LogP contribution is -2.03. The van der Waals surface area contributed by atoms with Crippen LogP contribution in [0.2, 0.25) is 0 Å². The first-order valence-electron chi connectivity index (χ1n) is 5.32. The monoisotopic (exact) mass is 325 g/mol. The first-order valence-corrected chi connectivity index (χ1v) is 6.11. The highest BCUT2D eigenvalue weighted by molar-refractivity contribution is 9.10. The van der Waals surface area contributed by atoms with E-state index >= 15 is 0 Å². The molecule has 0 unspecified atom stereocenters. The molecule has 0 aliphatic carbocycles. The van der Waals surface area contributed by atoms with E-state index < -0.39 is 10.7 Å². The molecule has 0 aliphatic heterocycles. The van der Waals surface area contributed by atoms with Gasteiger partial charge in [-0.2, -0.15) is 0 Å². The number of non-ortho nitro benzene ring substituents is 1. The molecule has 1 aromatic heterocycles. The van der Waals surface area contributed by atoms with Crippen LogP contribution in [-0.2, 0) is 0 Å². The zero-order valence-electron chi connectivity index (χ0n) is 9.69. The van der Waals surface area contributed by atoms with E-state index in [1.165, 1.54) is 6.20 Å². The molecule has 0 amide bonds. The second-order valence-corrected chi connectivity index (χ2v) is 4.55. The van der Waals surface area contributed by atoms with Gasteiger partial charge >= 0.3 is 0 Å². The lowest BCUT2D eigenvalue weighted by molar-refractivity contribution is -0.383. The topological polar surface area (TPSA) is 68.1 Å². The van der Waals surface area contributed by atoms with Crippen molar-refractivity contribution in [1.29, 1.82) is 0 Å². The van der Waals surface area contributed by atoms with Gasteiger partial charge in [-0.05, 0) is 22.0 Å². The van der Waals surface area contributed by atoms with Crippen molar-refractivity contribution < 1.29 is 9.31 Å². The lowest BCUT2D eigenvalue weighted by Gasteiger charge is -2.09. The summed E-state index contributed by atoms with van der Waals surface area (Å²) in [6, 6.07) is 2.20. The van der Waals surface area contributed by atoms with Gasteiger partial charge in [0.15, 0.2) is 0 Å². The third-order valence-electron chi connectivity index (χ3n) is 2.53. The molecule has 7 heteroatoms. The number of hydrogen-bond donors (Lipinski definition) is 1. The zero-order valence-corrected chi connectivity index (χ0v) is 11.3. The Kier molecular flexibility index (Phi) is 3.75. The Morgan fingerprint density at radius 2 is 2.26 bits per heavy atom. The van der Waals surface area contributed by atoms with Gasteiger partial charge < -0.3 is 5.32 Å². The van der Waals surface area contributed by atoms with Crippen molar-refractivity contribution in [2.24, 2.45) is 0 Å². The Hall–Kier alpha value is -2.02. The predicted molar refractivity (Wildman–Crippen MR) is 74.7 cm³/mol. The van der Waals surface area contributed by atoms with Crippen LogP contribution in [0.25, 0.3) is 10.8 Å². The SMILES string of the molecule is C=CCNc1ncc(Br)c2c(F)ccc([N+](=O)[O-])c12. The van der Waals surface area contributed by atoms with Crippen LogP contribution in [0.5, 0.6) is 0 Å². The number of halogens is 2. The molecule has 2 aromatic rings. The summed E-state index contributed by atoms with van der Waals surface area (Å²) in [7, 11) is 0. The van der Waals surface area contributed by atoms with Gasteiger partial charge in [0.1, 0.15) is 17.0 Å². The van der Waals surface area contributed by atoms with Gasteiger partial charge in [0, 0.05) is 28.7 Å². The van der Waals surface area contributed by atoms with Crippen LogP contribution < -0.4 is 5.32 Å². The molecule has 0 saturated heterocycles. The predicted octanol–water partition coefficient (Wildman–Crippen LogP) is 3.64. The van der Waals surface area contributed by atoms with Gasteiger partial charge in [0.05, 0.1) is 4.92 Å². The summed E-state index contributed by atoms with van der Waals surface area (Å²) in [6.45, 7) is 3.91. The fourth-order valence-corrected chi connectivity index (χ4v) is 2.23. The highest BCUT2D eigenvalue weighted by Crippen LogP contribution is 2.36. The van der Waals surface area contributed by atoms with E-state index in [4.69, 9.17) is 0 Å². The Morgan fingerprint density at radius 3 is 2.89 bits per heavy atom. The molecule has 0 atom stereocenters. The first-order chi connectivity index (χ1) is 9.06. The van der Waals surface area contributed by atoms with Crippen molar-refractivity contribution in [2.75, 3.05) is 11.9 Å². The molecule has 1 heterocycles. The van der Waals surface area contributed by atoms with Crippen LogP contribution in [0.4, 0.5) is 15.9 Å².